The van der Waals surface area contributed by atoms with E-state index in [1.165, 1.54) is 5.56 Å². The van der Waals surface area contributed by atoms with E-state index in [1.807, 2.05) is 29.2 Å². The topological polar surface area (TPSA) is 66.6 Å². The minimum Gasteiger partial charge on any atom is -0.339 e. The Morgan fingerprint density at radius 2 is 1.86 bits per heavy atom. The molecule has 2 aliphatic heterocycles. The third-order valence-electron chi connectivity index (χ3n) is 6.16. The summed E-state index contributed by atoms with van der Waals surface area (Å²) in [5.41, 5.74) is 9.75. The maximum atomic E-state index is 13.1. The van der Waals surface area contributed by atoms with Crippen LogP contribution in [-0.2, 0) is 11.3 Å². The summed E-state index contributed by atoms with van der Waals surface area (Å²) in [6.45, 7) is 4.87. The van der Waals surface area contributed by atoms with Crippen molar-refractivity contribution in [1.82, 2.24) is 4.90 Å². The maximum absolute atomic E-state index is 13.1. The van der Waals surface area contributed by atoms with Crippen molar-refractivity contribution in [2.45, 2.75) is 38.6 Å². The lowest BCUT2D eigenvalue weighted by Gasteiger charge is -2.32. The molecule has 0 saturated carbocycles. The number of carbonyl (C=O) groups excluding carboxylic acids is 2. The number of rotatable bonds is 4. The molecular formula is C24H29N3O2. The van der Waals surface area contributed by atoms with E-state index in [2.05, 4.69) is 31.2 Å². The molecule has 152 valence electrons. The lowest BCUT2D eigenvalue weighted by atomic mass is 9.88. The summed E-state index contributed by atoms with van der Waals surface area (Å²) >= 11 is 0. The van der Waals surface area contributed by atoms with E-state index in [9.17, 15) is 9.59 Å². The number of piperidine rings is 1. The Labute approximate surface area is 172 Å². The molecule has 0 bridgehead atoms. The minimum atomic E-state index is 0.0562. The molecule has 0 aliphatic carbocycles. The Hall–Kier alpha value is -2.66. The number of amides is 2. The van der Waals surface area contributed by atoms with Gasteiger partial charge in [0.15, 0.2) is 0 Å². The number of benzene rings is 2. The van der Waals surface area contributed by atoms with E-state index < -0.39 is 0 Å². The standard InChI is InChI=1S/C24H29N3O2/c1-17-12-23(28)27(16-17)22-7-3-6-21(14-22)24(29)26-10-8-19(9-11-26)20-5-2-4-18(13-20)15-25/h2-7,13-14,17,19H,8-12,15-16,25H2,1H3. The summed E-state index contributed by atoms with van der Waals surface area (Å²) in [6.07, 6.45) is 2.50. The van der Waals surface area contributed by atoms with Gasteiger partial charge in [-0.3, -0.25) is 9.59 Å². The molecule has 0 spiro atoms. The molecule has 2 N–H and O–H groups in total. The van der Waals surface area contributed by atoms with Crippen LogP contribution in [-0.4, -0.2) is 36.3 Å². The molecule has 0 aromatic heterocycles. The van der Waals surface area contributed by atoms with Gasteiger partial charge in [0.1, 0.15) is 0 Å². The van der Waals surface area contributed by atoms with Crippen LogP contribution in [0, 0.1) is 5.92 Å². The van der Waals surface area contributed by atoms with Gasteiger partial charge in [-0.15, -0.1) is 0 Å². The zero-order valence-electron chi connectivity index (χ0n) is 17.0. The number of hydrogen-bond acceptors (Lipinski definition) is 3. The van der Waals surface area contributed by atoms with Crippen molar-refractivity contribution in [3.05, 3.63) is 65.2 Å². The van der Waals surface area contributed by atoms with E-state index >= 15 is 0 Å². The maximum Gasteiger partial charge on any atom is 0.253 e. The number of carbonyl (C=O) groups is 2. The molecule has 5 nitrogen and oxygen atoms in total. The molecule has 2 aromatic rings. The van der Waals surface area contributed by atoms with Crippen LogP contribution in [0.25, 0.3) is 0 Å². The monoisotopic (exact) mass is 391 g/mol. The minimum absolute atomic E-state index is 0.0562. The van der Waals surface area contributed by atoms with Gasteiger partial charge in [-0.05, 0) is 54.0 Å². The van der Waals surface area contributed by atoms with Crippen LogP contribution in [0.3, 0.4) is 0 Å². The molecule has 1 atom stereocenters. The fraction of sp³-hybridized carbons (Fsp3) is 0.417. The molecule has 1 unspecified atom stereocenters. The third-order valence-corrected chi connectivity index (χ3v) is 6.16. The van der Waals surface area contributed by atoms with E-state index in [-0.39, 0.29) is 11.8 Å². The first-order valence-corrected chi connectivity index (χ1v) is 10.5. The van der Waals surface area contributed by atoms with Crippen molar-refractivity contribution in [1.29, 1.82) is 0 Å². The molecule has 2 fully saturated rings. The lowest BCUT2D eigenvalue weighted by molar-refractivity contribution is -0.117. The Bertz CT molecular complexity index is 903. The van der Waals surface area contributed by atoms with Gasteiger partial charge in [0.2, 0.25) is 5.91 Å². The first kappa shape index (κ1) is 19.6. The number of nitrogens with zero attached hydrogens (tertiary/aromatic N) is 2. The van der Waals surface area contributed by atoms with E-state index in [4.69, 9.17) is 5.73 Å². The molecule has 2 saturated heterocycles. The average molecular weight is 392 g/mol. The van der Waals surface area contributed by atoms with Crippen molar-refractivity contribution < 1.29 is 9.59 Å². The predicted molar refractivity (Wildman–Crippen MR) is 115 cm³/mol. The summed E-state index contributed by atoms with van der Waals surface area (Å²) in [6, 6.07) is 16.0. The summed E-state index contributed by atoms with van der Waals surface area (Å²) in [5, 5.41) is 0. The summed E-state index contributed by atoms with van der Waals surface area (Å²) in [5.74, 6) is 1.03. The average Bonchev–Trinajstić information content (AvgIpc) is 3.11. The molecular weight excluding hydrogens is 362 g/mol. The van der Waals surface area contributed by atoms with Gasteiger partial charge >= 0.3 is 0 Å². The number of nitrogens with two attached hydrogens (primary N) is 1. The number of likely N-dealkylation sites (tertiary alicyclic amines) is 1. The van der Waals surface area contributed by atoms with Crippen molar-refractivity contribution in [3.8, 4) is 0 Å². The van der Waals surface area contributed by atoms with Gasteiger partial charge in [-0.25, -0.2) is 0 Å². The molecule has 4 rings (SSSR count). The van der Waals surface area contributed by atoms with Gasteiger partial charge in [0.25, 0.3) is 5.91 Å². The van der Waals surface area contributed by atoms with E-state index in [0.717, 1.165) is 43.7 Å². The molecule has 5 heteroatoms. The Morgan fingerprint density at radius 1 is 1.10 bits per heavy atom. The van der Waals surface area contributed by atoms with E-state index in [0.29, 0.717) is 30.4 Å². The van der Waals surface area contributed by atoms with Crippen LogP contribution in [0.1, 0.15) is 53.6 Å². The van der Waals surface area contributed by atoms with Crippen LogP contribution in [0.15, 0.2) is 48.5 Å². The van der Waals surface area contributed by atoms with Gasteiger partial charge in [0.05, 0.1) is 0 Å². The van der Waals surface area contributed by atoms with Gasteiger partial charge < -0.3 is 15.5 Å². The van der Waals surface area contributed by atoms with Crippen molar-refractivity contribution in [2.24, 2.45) is 11.7 Å². The largest absolute Gasteiger partial charge is 0.339 e. The third kappa shape index (κ3) is 4.20. The smallest absolute Gasteiger partial charge is 0.253 e. The second-order valence-electron chi connectivity index (χ2n) is 8.38. The van der Waals surface area contributed by atoms with Crippen LogP contribution in [0.2, 0.25) is 0 Å². The van der Waals surface area contributed by atoms with Gasteiger partial charge in [0, 0.05) is 43.9 Å². The summed E-state index contributed by atoms with van der Waals surface area (Å²) < 4.78 is 0. The SMILES string of the molecule is CC1CC(=O)N(c2cccc(C(=O)N3CCC(c4cccc(CN)c4)CC3)c2)C1. The van der Waals surface area contributed by atoms with Crippen LogP contribution < -0.4 is 10.6 Å². The summed E-state index contributed by atoms with van der Waals surface area (Å²) in [7, 11) is 0. The molecule has 2 amide bonds. The normalized spacial score (nSPS) is 20.3. The Balaban J connectivity index is 1.42. The highest BCUT2D eigenvalue weighted by Crippen LogP contribution is 2.30. The summed E-state index contributed by atoms with van der Waals surface area (Å²) in [4.78, 5) is 29.0. The fourth-order valence-corrected chi connectivity index (χ4v) is 4.52. The van der Waals surface area contributed by atoms with E-state index in [1.54, 1.807) is 4.90 Å². The quantitative estimate of drug-likeness (QED) is 0.867. The van der Waals surface area contributed by atoms with Crippen molar-refractivity contribution in [2.75, 3.05) is 24.5 Å². The zero-order valence-corrected chi connectivity index (χ0v) is 17.0. The fourth-order valence-electron chi connectivity index (χ4n) is 4.52. The Morgan fingerprint density at radius 3 is 2.55 bits per heavy atom. The van der Waals surface area contributed by atoms with Crippen LogP contribution in [0.4, 0.5) is 5.69 Å². The van der Waals surface area contributed by atoms with Crippen molar-refractivity contribution >= 4 is 17.5 Å². The first-order valence-electron chi connectivity index (χ1n) is 10.5. The molecule has 2 heterocycles. The number of anilines is 1. The zero-order chi connectivity index (χ0) is 20.4. The van der Waals surface area contributed by atoms with Gasteiger partial charge in [-0.2, -0.15) is 0 Å². The molecule has 29 heavy (non-hydrogen) atoms. The Kier molecular flexibility index (Phi) is 5.67. The second-order valence-corrected chi connectivity index (χ2v) is 8.38. The highest BCUT2D eigenvalue weighted by molar-refractivity contribution is 5.99. The molecule has 2 aromatic carbocycles. The molecule has 2 aliphatic rings. The van der Waals surface area contributed by atoms with Crippen molar-refractivity contribution in [3.63, 3.8) is 0 Å². The van der Waals surface area contributed by atoms with Crippen LogP contribution in [0.5, 0.6) is 0 Å². The highest BCUT2D eigenvalue weighted by atomic mass is 16.2. The van der Waals surface area contributed by atoms with Gasteiger partial charge in [-0.1, -0.05) is 37.3 Å². The second kappa shape index (κ2) is 8.37. The predicted octanol–water partition coefficient (Wildman–Crippen LogP) is 3.54. The highest BCUT2D eigenvalue weighted by Gasteiger charge is 2.29. The first-order chi connectivity index (χ1) is 14.0. The van der Waals surface area contributed by atoms with Crippen LogP contribution >= 0.6 is 0 Å². The number of hydrogen-bond donors (Lipinski definition) is 1. The molecule has 0 radical (unpaired) electrons. The lowest BCUT2D eigenvalue weighted by Crippen LogP contribution is -2.38.